The Morgan fingerprint density at radius 1 is 0.421 bits per heavy atom. The molecule has 0 aliphatic rings. The number of allylic oxidation sites excluding steroid dienone is 16. The number of hydrogen-bond donors (Lipinski definition) is 1. The molecule has 0 spiro atoms. The number of unbranched alkanes of at least 4 members (excludes halogenated alkanes) is 26. The minimum absolute atomic E-state index is 0.0264. The number of esters is 2. The Labute approximate surface area is 468 Å². The van der Waals surface area contributed by atoms with E-state index in [-0.39, 0.29) is 32.0 Å². The second kappa shape index (κ2) is 56.6. The van der Waals surface area contributed by atoms with E-state index in [0.29, 0.717) is 17.4 Å². The van der Waals surface area contributed by atoms with Gasteiger partial charge in [0.25, 0.3) is 0 Å². The molecule has 0 heterocycles. The Kier molecular flexibility index (Phi) is 54.4. The quantitative estimate of drug-likeness (QED) is 0.0211. The van der Waals surface area contributed by atoms with Crippen molar-refractivity contribution in [2.45, 2.75) is 264 Å². The molecule has 0 bridgehead atoms. The van der Waals surface area contributed by atoms with Crippen molar-refractivity contribution in [2.75, 3.05) is 47.5 Å². The lowest BCUT2D eigenvalue weighted by Gasteiger charge is -2.24. The Bertz CT molecular complexity index is 1600. The Morgan fingerprint density at radius 3 is 1.12 bits per heavy atom. The number of phosphoric acid groups is 1. The molecule has 0 radical (unpaired) electrons. The van der Waals surface area contributed by atoms with E-state index in [1.807, 2.05) is 21.1 Å². The van der Waals surface area contributed by atoms with Crippen LogP contribution in [0, 0.1) is 0 Å². The van der Waals surface area contributed by atoms with E-state index in [4.69, 9.17) is 18.5 Å². The average molecular weight is 1080 g/mol. The molecule has 0 amide bonds. The molecule has 0 fully saturated rings. The van der Waals surface area contributed by atoms with Crippen LogP contribution in [-0.2, 0) is 32.7 Å². The highest BCUT2D eigenvalue weighted by molar-refractivity contribution is 7.47. The summed E-state index contributed by atoms with van der Waals surface area (Å²) in [6.07, 6.45) is 77.7. The Morgan fingerprint density at radius 2 is 0.750 bits per heavy atom. The third kappa shape index (κ3) is 60.2. The smallest absolute Gasteiger partial charge is 0.462 e. The lowest BCUT2D eigenvalue weighted by molar-refractivity contribution is -0.870. The van der Waals surface area contributed by atoms with Crippen LogP contribution in [0.25, 0.3) is 0 Å². The molecule has 76 heavy (non-hydrogen) atoms. The van der Waals surface area contributed by atoms with Gasteiger partial charge in [-0.2, -0.15) is 0 Å². The van der Waals surface area contributed by atoms with Gasteiger partial charge in [0, 0.05) is 12.8 Å². The predicted molar refractivity (Wildman–Crippen MR) is 325 cm³/mol. The molecule has 10 heteroatoms. The fourth-order valence-corrected chi connectivity index (χ4v) is 9.09. The number of hydrogen-bond acceptors (Lipinski definition) is 7. The van der Waals surface area contributed by atoms with Gasteiger partial charge >= 0.3 is 19.8 Å². The fourth-order valence-electron chi connectivity index (χ4n) is 8.34. The number of ether oxygens (including phenoxy) is 2. The lowest BCUT2D eigenvalue weighted by atomic mass is 10.0. The third-order valence-corrected chi connectivity index (χ3v) is 14.1. The van der Waals surface area contributed by atoms with Crippen LogP contribution in [0.4, 0.5) is 0 Å². The van der Waals surface area contributed by atoms with Gasteiger partial charge < -0.3 is 18.9 Å². The first-order valence-electron chi connectivity index (χ1n) is 31.0. The lowest BCUT2D eigenvalue weighted by Crippen LogP contribution is -2.37. The van der Waals surface area contributed by atoms with E-state index in [0.717, 1.165) is 96.3 Å². The molecule has 0 rings (SSSR count). The van der Waals surface area contributed by atoms with Crippen molar-refractivity contribution in [3.63, 3.8) is 0 Å². The maximum Gasteiger partial charge on any atom is 0.472 e. The molecule has 1 N–H and O–H groups in total. The monoisotopic (exact) mass is 1080 g/mol. The molecule has 0 aliphatic heterocycles. The normalized spacial score (nSPS) is 13.9. The van der Waals surface area contributed by atoms with Gasteiger partial charge in [-0.05, 0) is 96.3 Å². The summed E-state index contributed by atoms with van der Waals surface area (Å²) in [5.41, 5.74) is 0. The molecule has 2 atom stereocenters. The maximum atomic E-state index is 12.8. The second-order valence-electron chi connectivity index (χ2n) is 21.7. The van der Waals surface area contributed by atoms with Crippen LogP contribution >= 0.6 is 7.82 Å². The molecule has 438 valence electrons. The topological polar surface area (TPSA) is 108 Å². The van der Waals surface area contributed by atoms with Gasteiger partial charge in [0.05, 0.1) is 27.7 Å². The van der Waals surface area contributed by atoms with E-state index >= 15 is 0 Å². The van der Waals surface area contributed by atoms with Gasteiger partial charge in [-0.1, -0.05) is 246 Å². The second-order valence-corrected chi connectivity index (χ2v) is 23.2. The van der Waals surface area contributed by atoms with Crippen molar-refractivity contribution in [1.29, 1.82) is 0 Å². The Hall–Kier alpha value is -3.07. The summed E-state index contributed by atoms with van der Waals surface area (Å²) in [6, 6.07) is 0. The van der Waals surface area contributed by atoms with E-state index in [2.05, 4.69) is 111 Å². The first kappa shape index (κ1) is 72.9. The summed E-state index contributed by atoms with van der Waals surface area (Å²) >= 11 is 0. The van der Waals surface area contributed by atoms with Crippen LogP contribution in [0.15, 0.2) is 97.2 Å². The predicted octanol–water partition coefficient (Wildman–Crippen LogP) is 19.6. The summed E-state index contributed by atoms with van der Waals surface area (Å²) in [5.74, 6) is -0.809. The largest absolute Gasteiger partial charge is 0.472 e. The first-order valence-corrected chi connectivity index (χ1v) is 32.5. The van der Waals surface area contributed by atoms with Crippen LogP contribution in [0.5, 0.6) is 0 Å². The molecule has 0 saturated heterocycles. The van der Waals surface area contributed by atoms with Gasteiger partial charge in [-0.15, -0.1) is 0 Å². The summed E-state index contributed by atoms with van der Waals surface area (Å²) < 4.78 is 34.6. The van der Waals surface area contributed by atoms with Gasteiger partial charge in [-0.25, -0.2) is 4.57 Å². The van der Waals surface area contributed by atoms with E-state index in [1.165, 1.54) is 128 Å². The van der Waals surface area contributed by atoms with Gasteiger partial charge in [-0.3, -0.25) is 18.6 Å². The molecule has 9 nitrogen and oxygen atoms in total. The number of nitrogens with zero attached hydrogens (tertiary/aromatic N) is 1. The minimum Gasteiger partial charge on any atom is -0.462 e. The van der Waals surface area contributed by atoms with Crippen LogP contribution in [-0.4, -0.2) is 74.9 Å². The summed E-state index contributed by atoms with van der Waals surface area (Å²) in [5, 5.41) is 0. The van der Waals surface area contributed by atoms with Crippen LogP contribution < -0.4 is 0 Å². The standard InChI is InChI=1S/C66H116NO8P/c1-6-8-10-12-14-16-18-20-22-24-26-27-28-29-30-31-32-33-34-35-36-37-38-39-41-43-45-47-49-51-53-55-57-59-66(69)75-64(63-74-76(70,71)73-61-60-67(3,4)5)62-72-65(68)58-56-54-52-50-48-46-44-42-40-25-23-21-19-17-15-13-11-9-7-2/h8,10,14-17,20-23,26-27,29-30,40,42,64H,6-7,9,11-13,18-19,24-25,28,31-39,41,43-63H2,1-5H3/p+1/b10-8-,16-14-,17-15-,22-20-,23-21-,27-26-,30-29-,42-40-. The summed E-state index contributed by atoms with van der Waals surface area (Å²) in [7, 11) is 1.47. The SMILES string of the molecule is CC/C=C\C/C=C\C/C=C\C/C=C\C/C=C\CCCCCCCCCCCCCCCCCCCC(=O)OC(COC(=O)CCCCCCCC/C=C\C/C=C\C/C=C\CCCCC)COP(=O)(O)OCC[N+](C)(C)C. The zero-order chi connectivity index (χ0) is 55.6. The molecule has 2 unspecified atom stereocenters. The molecule has 0 aromatic carbocycles. The van der Waals surface area contributed by atoms with Crippen molar-refractivity contribution in [2.24, 2.45) is 0 Å². The van der Waals surface area contributed by atoms with Crippen molar-refractivity contribution >= 4 is 19.8 Å². The number of rotatable bonds is 56. The molecule has 0 aromatic heterocycles. The van der Waals surface area contributed by atoms with Crippen molar-refractivity contribution in [3.05, 3.63) is 97.2 Å². The number of carbonyl (C=O) groups is 2. The highest BCUT2D eigenvalue weighted by Gasteiger charge is 2.27. The van der Waals surface area contributed by atoms with E-state index in [9.17, 15) is 19.0 Å². The summed E-state index contributed by atoms with van der Waals surface area (Å²) in [4.78, 5) is 35.7. The summed E-state index contributed by atoms with van der Waals surface area (Å²) in [6.45, 7) is 4.29. The number of quaternary nitrogens is 1. The van der Waals surface area contributed by atoms with Gasteiger partial charge in [0.15, 0.2) is 6.10 Å². The van der Waals surface area contributed by atoms with Crippen molar-refractivity contribution in [3.8, 4) is 0 Å². The van der Waals surface area contributed by atoms with Crippen molar-refractivity contribution in [1.82, 2.24) is 0 Å². The average Bonchev–Trinajstić information content (AvgIpc) is 3.38. The van der Waals surface area contributed by atoms with Gasteiger partial charge in [0.2, 0.25) is 0 Å². The van der Waals surface area contributed by atoms with E-state index < -0.39 is 26.5 Å². The number of phosphoric ester groups is 1. The maximum absolute atomic E-state index is 12.8. The Balaban J connectivity index is 4.09. The zero-order valence-electron chi connectivity index (χ0n) is 49.7. The highest BCUT2D eigenvalue weighted by atomic mass is 31.2. The number of likely N-dealkylation sites (N-methyl/N-ethyl adjacent to an activating group) is 1. The van der Waals surface area contributed by atoms with E-state index in [1.54, 1.807) is 0 Å². The first-order chi connectivity index (χ1) is 37.0. The van der Waals surface area contributed by atoms with Crippen LogP contribution in [0.1, 0.15) is 258 Å². The fraction of sp³-hybridized carbons (Fsp3) is 0.727. The molecule has 0 aliphatic carbocycles. The van der Waals surface area contributed by atoms with Crippen LogP contribution in [0.2, 0.25) is 0 Å². The van der Waals surface area contributed by atoms with Crippen LogP contribution in [0.3, 0.4) is 0 Å². The number of carbonyl (C=O) groups excluding carboxylic acids is 2. The molecule has 0 saturated carbocycles. The minimum atomic E-state index is -4.39. The zero-order valence-corrected chi connectivity index (χ0v) is 50.6. The third-order valence-electron chi connectivity index (χ3n) is 13.1. The highest BCUT2D eigenvalue weighted by Crippen LogP contribution is 2.43. The molecular formula is C66H117NO8P+. The molecule has 0 aromatic rings. The molecular weight excluding hydrogens is 966 g/mol. The van der Waals surface area contributed by atoms with Crippen molar-refractivity contribution < 1.29 is 42.1 Å². The van der Waals surface area contributed by atoms with Gasteiger partial charge in [0.1, 0.15) is 19.8 Å².